The van der Waals surface area contributed by atoms with Gasteiger partial charge in [0.15, 0.2) is 0 Å². The third-order valence-corrected chi connectivity index (χ3v) is 5.07. The lowest BCUT2D eigenvalue weighted by atomic mass is 10.1. The van der Waals surface area contributed by atoms with E-state index in [4.69, 9.17) is 5.73 Å². The number of benzene rings is 1. The van der Waals surface area contributed by atoms with Crippen LogP contribution in [0, 0.1) is 0 Å². The van der Waals surface area contributed by atoms with Crippen molar-refractivity contribution in [2.24, 2.45) is 5.73 Å². The second kappa shape index (κ2) is 6.08. The van der Waals surface area contributed by atoms with Crippen molar-refractivity contribution >= 4 is 27.7 Å². The summed E-state index contributed by atoms with van der Waals surface area (Å²) in [6.45, 7) is 0.802. The first-order chi connectivity index (χ1) is 7.79. The molecule has 88 valence electrons. The summed E-state index contributed by atoms with van der Waals surface area (Å²) in [6.07, 6.45) is 6.23. The summed E-state index contributed by atoms with van der Waals surface area (Å²) in [6, 6.07) is 6.78. The van der Waals surface area contributed by atoms with Gasteiger partial charge in [-0.25, -0.2) is 0 Å². The predicted molar refractivity (Wildman–Crippen MR) is 75.0 cm³/mol. The molecule has 0 spiro atoms. The maximum atomic E-state index is 5.50. The Hall–Kier alpha value is 0.01000. The fourth-order valence-electron chi connectivity index (χ4n) is 1.63. The van der Waals surface area contributed by atoms with Crippen molar-refractivity contribution in [2.75, 3.05) is 6.54 Å². The highest BCUT2D eigenvalue weighted by Crippen LogP contribution is 2.42. The molecule has 1 nitrogen and oxygen atoms in total. The third kappa shape index (κ3) is 3.79. The molecular formula is C13H18BrNS. The van der Waals surface area contributed by atoms with Crippen LogP contribution in [0.15, 0.2) is 27.6 Å². The van der Waals surface area contributed by atoms with Crippen LogP contribution in [0.4, 0.5) is 0 Å². The number of thioether (sulfide) groups is 1. The first-order valence-corrected chi connectivity index (χ1v) is 7.62. The van der Waals surface area contributed by atoms with E-state index in [-0.39, 0.29) is 0 Å². The lowest BCUT2D eigenvalue weighted by Gasteiger charge is -2.06. The number of unbranched alkanes of at least 4 members (excludes halogenated alkanes) is 1. The smallest absolute Gasteiger partial charge is 0.0314 e. The summed E-state index contributed by atoms with van der Waals surface area (Å²) in [5, 5.41) is 0.874. The van der Waals surface area contributed by atoms with E-state index >= 15 is 0 Å². The fraction of sp³-hybridized carbons (Fsp3) is 0.538. The van der Waals surface area contributed by atoms with Gasteiger partial charge in [-0.05, 0) is 72.3 Å². The first-order valence-electron chi connectivity index (χ1n) is 5.95. The molecule has 1 aromatic rings. The average Bonchev–Trinajstić information content (AvgIpc) is 3.06. The number of hydrogen-bond donors (Lipinski definition) is 1. The highest BCUT2D eigenvalue weighted by atomic mass is 79.9. The van der Waals surface area contributed by atoms with Crippen molar-refractivity contribution < 1.29 is 0 Å². The Labute approximate surface area is 110 Å². The summed E-state index contributed by atoms with van der Waals surface area (Å²) in [7, 11) is 0. The molecule has 0 heterocycles. The molecule has 2 rings (SSSR count). The monoisotopic (exact) mass is 299 g/mol. The van der Waals surface area contributed by atoms with Gasteiger partial charge in [-0.3, -0.25) is 0 Å². The van der Waals surface area contributed by atoms with Crippen molar-refractivity contribution in [2.45, 2.75) is 42.2 Å². The molecule has 0 atom stereocenters. The standard InChI is InChI=1S/C13H18BrNS/c14-12-9-10(3-1-2-8-15)4-7-13(12)16-11-5-6-11/h4,7,9,11H,1-3,5-6,8,15H2. The van der Waals surface area contributed by atoms with Crippen LogP contribution in [-0.2, 0) is 6.42 Å². The van der Waals surface area contributed by atoms with E-state index in [1.165, 1.54) is 34.2 Å². The van der Waals surface area contributed by atoms with Crippen LogP contribution in [0.3, 0.4) is 0 Å². The van der Waals surface area contributed by atoms with Gasteiger partial charge in [-0.15, -0.1) is 11.8 Å². The minimum Gasteiger partial charge on any atom is -0.330 e. The number of hydrogen-bond acceptors (Lipinski definition) is 2. The normalized spacial score (nSPS) is 15.4. The van der Waals surface area contributed by atoms with Crippen molar-refractivity contribution in [3.63, 3.8) is 0 Å². The van der Waals surface area contributed by atoms with Crippen molar-refractivity contribution in [3.8, 4) is 0 Å². The van der Waals surface area contributed by atoms with E-state index in [2.05, 4.69) is 34.1 Å². The molecule has 0 radical (unpaired) electrons. The molecule has 1 aliphatic rings. The summed E-state index contributed by atoms with van der Waals surface area (Å²) in [5.74, 6) is 0. The molecule has 3 heteroatoms. The van der Waals surface area contributed by atoms with Crippen LogP contribution >= 0.6 is 27.7 Å². The van der Waals surface area contributed by atoms with Gasteiger partial charge in [0.1, 0.15) is 0 Å². The largest absolute Gasteiger partial charge is 0.330 e. The van der Waals surface area contributed by atoms with Crippen LogP contribution in [0.2, 0.25) is 0 Å². The Bertz CT molecular complexity index is 350. The number of nitrogens with two attached hydrogens (primary N) is 1. The molecule has 0 aliphatic heterocycles. The minimum atomic E-state index is 0.802. The predicted octanol–water partition coefficient (Wildman–Crippen LogP) is 3.99. The summed E-state index contributed by atoms with van der Waals surface area (Å²) < 4.78 is 1.26. The van der Waals surface area contributed by atoms with Crippen LogP contribution in [-0.4, -0.2) is 11.8 Å². The second-order valence-corrected chi connectivity index (χ2v) is 6.52. The minimum absolute atomic E-state index is 0.802. The Morgan fingerprint density at radius 2 is 2.12 bits per heavy atom. The zero-order valence-electron chi connectivity index (χ0n) is 9.42. The van der Waals surface area contributed by atoms with Crippen LogP contribution < -0.4 is 5.73 Å². The first kappa shape index (κ1) is 12.5. The van der Waals surface area contributed by atoms with Crippen molar-refractivity contribution in [3.05, 3.63) is 28.2 Å². The molecular weight excluding hydrogens is 282 g/mol. The number of halogens is 1. The lowest BCUT2D eigenvalue weighted by Crippen LogP contribution is -1.99. The molecule has 2 N–H and O–H groups in total. The summed E-state index contributed by atoms with van der Waals surface area (Å²) in [5.41, 5.74) is 6.91. The Kier molecular flexibility index (Phi) is 4.74. The lowest BCUT2D eigenvalue weighted by molar-refractivity contribution is 0.744. The maximum absolute atomic E-state index is 5.50. The average molecular weight is 300 g/mol. The van der Waals surface area contributed by atoms with Gasteiger partial charge in [0.05, 0.1) is 0 Å². The number of rotatable bonds is 6. The summed E-state index contributed by atoms with van der Waals surface area (Å²) >= 11 is 5.67. The topological polar surface area (TPSA) is 26.0 Å². The van der Waals surface area contributed by atoms with Gasteiger partial charge < -0.3 is 5.73 Å². The molecule has 0 unspecified atom stereocenters. The van der Waals surface area contributed by atoms with Crippen LogP contribution in [0.5, 0.6) is 0 Å². The second-order valence-electron chi connectivity index (χ2n) is 4.33. The van der Waals surface area contributed by atoms with Crippen LogP contribution in [0.25, 0.3) is 0 Å². The van der Waals surface area contributed by atoms with Gasteiger partial charge in [0.2, 0.25) is 0 Å². The van der Waals surface area contributed by atoms with E-state index in [0.717, 1.165) is 24.6 Å². The van der Waals surface area contributed by atoms with Gasteiger partial charge in [0.25, 0.3) is 0 Å². The quantitative estimate of drug-likeness (QED) is 0.804. The molecule has 0 bridgehead atoms. The van der Waals surface area contributed by atoms with Crippen LogP contribution in [0.1, 0.15) is 31.2 Å². The van der Waals surface area contributed by atoms with E-state index in [1.807, 2.05) is 11.8 Å². The van der Waals surface area contributed by atoms with E-state index < -0.39 is 0 Å². The highest BCUT2D eigenvalue weighted by molar-refractivity contribution is 9.10. The molecule has 1 aliphatic carbocycles. The van der Waals surface area contributed by atoms with Crippen molar-refractivity contribution in [1.29, 1.82) is 0 Å². The van der Waals surface area contributed by atoms with E-state index in [1.54, 1.807) is 0 Å². The van der Waals surface area contributed by atoms with Crippen molar-refractivity contribution in [1.82, 2.24) is 0 Å². The molecule has 0 aromatic heterocycles. The number of aryl methyl sites for hydroxylation is 1. The molecule has 0 saturated heterocycles. The zero-order chi connectivity index (χ0) is 11.4. The summed E-state index contributed by atoms with van der Waals surface area (Å²) in [4.78, 5) is 1.39. The maximum Gasteiger partial charge on any atom is 0.0314 e. The Balaban J connectivity index is 1.92. The molecule has 16 heavy (non-hydrogen) atoms. The fourth-order valence-corrected chi connectivity index (χ4v) is 3.39. The third-order valence-electron chi connectivity index (χ3n) is 2.73. The molecule has 1 saturated carbocycles. The van der Waals surface area contributed by atoms with Gasteiger partial charge in [0, 0.05) is 14.6 Å². The SMILES string of the molecule is NCCCCc1ccc(SC2CC2)c(Br)c1. The molecule has 1 aromatic carbocycles. The highest BCUT2D eigenvalue weighted by Gasteiger charge is 2.23. The van der Waals surface area contributed by atoms with E-state index in [0.29, 0.717) is 0 Å². The van der Waals surface area contributed by atoms with Gasteiger partial charge >= 0.3 is 0 Å². The Morgan fingerprint density at radius 1 is 1.31 bits per heavy atom. The van der Waals surface area contributed by atoms with Gasteiger partial charge in [-0.1, -0.05) is 6.07 Å². The van der Waals surface area contributed by atoms with Gasteiger partial charge in [-0.2, -0.15) is 0 Å². The zero-order valence-corrected chi connectivity index (χ0v) is 11.8. The molecule has 0 amide bonds. The van der Waals surface area contributed by atoms with E-state index in [9.17, 15) is 0 Å². The Morgan fingerprint density at radius 3 is 2.75 bits per heavy atom. The molecule has 1 fully saturated rings.